The van der Waals surface area contributed by atoms with E-state index in [4.69, 9.17) is 36.3 Å². The molecule has 0 fully saturated rings. The van der Waals surface area contributed by atoms with Crippen molar-refractivity contribution < 1.29 is 28.5 Å². The van der Waals surface area contributed by atoms with Crippen LogP contribution in [-0.2, 0) is 22.4 Å². The van der Waals surface area contributed by atoms with Gasteiger partial charge in [0.15, 0.2) is 23.0 Å². The molecule has 4 heterocycles. The Hall–Kier alpha value is -5.92. The third-order valence-electron chi connectivity index (χ3n) is 8.55. The number of nitrogens with two attached hydrogens (primary N) is 1. The molecular formula is C39H42ClN7O6. The zero-order chi connectivity index (χ0) is 37.7. The lowest BCUT2D eigenvalue weighted by molar-refractivity contribution is -0.118. The first-order valence-corrected chi connectivity index (χ1v) is 17.2. The van der Waals surface area contributed by atoms with Crippen LogP contribution < -0.4 is 35.3 Å². The van der Waals surface area contributed by atoms with E-state index in [-0.39, 0.29) is 30.3 Å². The number of hydrogen-bond acceptors (Lipinski definition) is 11. The molecule has 2 aromatic carbocycles. The summed E-state index contributed by atoms with van der Waals surface area (Å²) in [6.07, 6.45) is 6.47. The Kier molecular flexibility index (Phi) is 13.4. The average molecular weight is 740 g/mol. The highest BCUT2D eigenvalue weighted by Crippen LogP contribution is 2.54. The lowest BCUT2D eigenvalue weighted by Gasteiger charge is -2.42. The highest BCUT2D eigenvalue weighted by atomic mass is 35.5. The Morgan fingerprint density at radius 2 is 1.36 bits per heavy atom. The molecule has 0 saturated heterocycles. The van der Waals surface area contributed by atoms with Crippen LogP contribution in [0.3, 0.4) is 0 Å². The zero-order valence-corrected chi connectivity index (χ0v) is 30.7. The lowest BCUT2D eigenvalue weighted by Crippen LogP contribution is -2.42. The fourth-order valence-corrected chi connectivity index (χ4v) is 6.33. The molecule has 0 spiro atoms. The number of benzene rings is 2. The Balaban J connectivity index is 0.000000245. The summed E-state index contributed by atoms with van der Waals surface area (Å²) in [7, 11) is 6.59. The van der Waals surface area contributed by atoms with E-state index in [0.29, 0.717) is 40.5 Å². The van der Waals surface area contributed by atoms with Gasteiger partial charge >= 0.3 is 0 Å². The average Bonchev–Trinajstić information content (AvgIpc) is 3.19. The molecule has 0 radical (unpaired) electrons. The Morgan fingerprint density at radius 3 is 1.87 bits per heavy atom. The quantitative estimate of drug-likeness (QED) is 0.157. The van der Waals surface area contributed by atoms with Crippen molar-refractivity contribution in [1.29, 1.82) is 0 Å². The molecule has 5 aromatic rings. The van der Waals surface area contributed by atoms with Crippen molar-refractivity contribution >= 4 is 40.9 Å². The fraction of sp³-hybridized carbons (Fsp3) is 0.256. The van der Waals surface area contributed by atoms with Crippen molar-refractivity contribution in [3.8, 4) is 34.1 Å². The molecule has 276 valence electrons. The summed E-state index contributed by atoms with van der Waals surface area (Å²) in [6, 6.07) is 22.3. The minimum Gasteiger partial charge on any atom is -0.493 e. The number of hydrogen-bond donors (Lipinski definition) is 3. The number of carbonyl (C=O) groups is 2. The molecule has 53 heavy (non-hydrogen) atoms. The predicted octanol–water partition coefficient (Wildman–Crippen LogP) is 5.80. The summed E-state index contributed by atoms with van der Waals surface area (Å²) >= 11 is 5.26. The predicted molar refractivity (Wildman–Crippen MR) is 205 cm³/mol. The standard InChI is InChI=1S/C27H29N3O5.C7H7ClN2O.C5H6N2/c1-32-20-13-17-11-19-25-16(8-10-30(19)15-24(31)29-23-7-5-6-9-28-23)12-22(34-3)27(35-4)26(25)18(17)14-21(20)33-2;8-5-7(11)10-6-3-1-2-4-9-6;6-5-3-1-2-4-7-5/h5-7,9,12-14,19H,8,10-11,15H2,1-4H3,(H,28,29,31);1-4H,5H2,(H,9,10,11);1-4H,(H2,6,7). The summed E-state index contributed by atoms with van der Waals surface area (Å²) in [6.45, 7) is 1.02. The first-order chi connectivity index (χ1) is 25.8. The second-order valence-corrected chi connectivity index (χ2v) is 12.0. The lowest BCUT2D eigenvalue weighted by atomic mass is 9.76. The largest absolute Gasteiger partial charge is 0.493 e. The maximum atomic E-state index is 12.9. The number of halogens is 1. The van der Waals surface area contributed by atoms with Crippen LogP contribution in [0.2, 0.25) is 0 Å². The summed E-state index contributed by atoms with van der Waals surface area (Å²) in [5, 5.41) is 5.42. The maximum Gasteiger partial charge on any atom is 0.240 e. The molecule has 0 saturated carbocycles. The number of aromatic nitrogens is 3. The molecule has 4 N–H and O–H groups in total. The molecule has 1 aliphatic heterocycles. The van der Waals surface area contributed by atoms with Crippen molar-refractivity contribution in [2.45, 2.75) is 18.9 Å². The number of nitrogens with one attached hydrogen (secondary N) is 2. The smallest absolute Gasteiger partial charge is 0.240 e. The van der Waals surface area contributed by atoms with Crippen LogP contribution in [0.4, 0.5) is 17.5 Å². The van der Waals surface area contributed by atoms with Gasteiger partial charge in [-0.1, -0.05) is 18.2 Å². The van der Waals surface area contributed by atoms with E-state index in [1.165, 1.54) is 11.1 Å². The van der Waals surface area contributed by atoms with Gasteiger partial charge in [-0.05, 0) is 89.7 Å². The number of anilines is 3. The molecule has 2 amide bonds. The molecular weight excluding hydrogens is 698 g/mol. The third-order valence-corrected chi connectivity index (χ3v) is 8.79. The van der Waals surface area contributed by atoms with Gasteiger partial charge in [0.2, 0.25) is 11.8 Å². The van der Waals surface area contributed by atoms with E-state index in [1.807, 2.05) is 36.4 Å². The number of nitrogen functional groups attached to an aromatic ring is 1. The first kappa shape index (κ1) is 38.3. The van der Waals surface area contributed by atoms with Gasteiger partial charge in [-0.25, -0.2) is 15.0 Å². The summed E-state index contributed by atoms with van der Waals surface area (Å²) < 4.78 is 22.8. The van der Waals surface area contributed by atoms with E-state index < -0.39 is 0 Å². The molecule has 1 atom stereocenters. The van der Waals surface area contributed by atoms with Gasteiger partial charge in [0.05, 0.1) is 35.0 Å². The molecule has 3 aromatic heterocycles. The van der Waals surface area contributed by atoms with Crippen molar-refractivity contribution in [3.63, 3.8) is 0 Å². The van der Waals surface area contributed by atoms with Crippen LogP contribution in [0, 0.1) is 0 Å². The zero-order valence-electron chi connectivity index (χ0n) is 30.0. The van der Waals surface area contributed by atoms with Crippen molar-refractivity contribution in [1.82, 2.24) is 19.9 Å². The minimum atomic E-state index is -0.245. The molecule has 2 aliphatic rings. The van der Waals surface area contributed by atoms with Crippen molar-refractivity contribution in [2.75, 3.05) is 63.8 Å². The number of rotatable bonds is 9. The van der Waals surface area contributed by atoms with Gasteiger partial charge in [-0.2, -0.15) is 0 Å². The fourth-order valence-electron chi connectivity index (χ4n) is 6.26. The van der Waals surface area contributed by atoms with Crippen LogP contribution in [0.15, 0.2) is 91.4 Å². The van der Waals surface area contributed by atoms with E-state index in [0.717, 1.165) is 36.1 Å². The van der Waals surface area contributed by atoms with E-state index >= 15 is 0 Å². The van der Waals surface area contributed by atoms with Crippen LogP contribution in [0.5, 0.6) is 23.0 Å². The topological polar surface area (TPSA) is 163 Å². The van der Waals surface area contributed by atoms with Crippen LogP contribution in [0.1, 0.15) is 22.7 Å². The number of amides is 2. The van der Waals surface area contributed by atoms with Gasteiger partial charge in [-0.3, -0.25) is 14.5 Å². The van der Waals surface area contributed by atoms with Gasteiger partial charge in [0, 0.05) is 36.7 Å². The molecule has 13 nitrogen and oxygen atoms in total. The maximum absolute atomic E-state index is 12.9. The molecule has 7 rings (SSSR count). The van der Waals surface area contributed by atoms with Gasteiger partial charge in [0.25, 0.3) is 0 Å². The Morgan fingerprint density at radius 1 is 0.774 bits per heavy atom. The van der Waals surface area contributed by atoms with Crippen molar-refractivity contribution in [3.05, 3.63) is 108 Å². The second kappa shape index (κ2) is 18.5. The molecule has 0 bridgehead atoms. The van der Waals surface area contributed by atoms with E-state index in [9.17, 15) is 9.59 Å². The second-order valence-electron chi connectivity index (χ2n) is 11.8. The number of carbonyl (C=O) groups excluding carboxylic acids is 2. The highest BCUT2D eigenvalue weighted by molar-refractivity contribution is 6.29. The number of nitrogens with zero attached hydrogens (tertiary/aromatic N) is 4. The monoisotopic (exact) mass is 739 g/mol. The van der Waals surface area contributed by atoms with Gasteiger partial charge in [-0.15, -0.1) is 11.6 Å². The van der Waals surface area contributed by atoms with E-state index in [2.05, 4.69) is 36.6 Å². The number of methoxy groups -OCH3 is 4. The molecule has 1 unspecified atom stereocenters. The number of pyridine rings is 3. The third kappa shape index (κ3) is 9.50. The summed E-state index contributed by atoms with van der Waals surface area (Å²) in [4.78, 5) is 37.7. The van der Waals surface area contributed by atoms with Crippen LogP contribution >= 0.6 is 11.6 Å². The number of fused-ring (bicyclic) bond motifs is 2. The Bertz CT molecular complexity index is 1990. The SMILES string of the molecule is COc1cc2c(cc1OC)-c1c(OC)c(OC)cc3c1C(C2)N(CC(=O)Nc1ccccn1)CC3.Nc1ccccn1.O=C(CCl)Nc1ccccn1. The van der Waals surface area contributed by atoms with Crippen LogP contribution in [-0.4, -0.2) is 79.1 Å². The van der Waals surface area contributed by atoms with Crippen molar-refractivity contribution in [2.24, 2.45) is 0 Å². The normalized spacial score (nSPS) is 13.6. The highest BCUT2D eigenvalue weighted by Gasteiger charge is 2.38. The summed E-state index contributed by atoms with van der Waals surface area (Å²) in [5.41, 5.74) is 10.8. The molecule has 14 heteroatoms. The van der Waals surface area contributed by atoms with Gasteiger partial charge in [0.1, 0.15) is 23.3 Å². The number of alkyl halides is 1. The van der Waals surface area contributed by atoms with E-state index in [1.54, 1.807) is 77.4 Å². The summed E-state index contributed by atoms with van der Waals surface area (Å²) in [5.74, 6) is 3.98. The molecule has 1 aliphatic carbocycles. The Labute approximate surface area is 313 Å². The number of ether oxygens (including phenoxy) is 4. The minimum absolute atomic E-state index is 0.00800. The first-order valence-electron chi connectivity index (χ1n) is 16.7. The van der Waals surface area contributed by atoms with Crippen LogP contribution in [0.25, 0.3) is 11.1 Å². The van der Waals surface area contributed by atoms with Gasteiger partial charge < -0.3 is 35.3 Å².